The summed E-state index contributed by atoms with van der Waals surface area (Å²) in [6.07, 6.45) is 3.65. The van der Waals surface area contributed by atoms with Gasteiger partial charge in [0.2, 0.25) is 0 Å². The zero-order chi connectivity index (χ0) is 15.9. The van der Waals surface area contributed by atoms with E-state index in [0.29, 0.717) is 30.4 Å². The van der Waals surface area contributed by atoms with Gasteiger partial charge in [-0.3, -0.25) is 4.79 Å². The quantitative estimate of drug-likeness (QED) is 0.805. The molecule has 1 amide bonds. The number of benzene rings is 1. The van der Waals surface area contributed by atoms with Crippen LogP contribution in [0.4, 0.5) is 5.69 Å². The van der Waals surface area contributed by atoms with E-state index in [1.54, 1.807) is 31.2 Å². The third-order valence-corrected chi connectivity index (χ3v) is 4.15. The monoisotopic (exact) mass is 305 g/mol. The molecule has 5 heteroatoms. The summed E-state index contributed by atoms with van der Waals surface area (Å²) >= 11 is 0. The number of hydrogen-bond donors (Lipinski definition) is 2. The van der Waals surface area contributed by atoms with E-state index in [1.807, 2.05) is 0 Å². The lowest BCUT2D eigenvalue weighted by atomic mass is 10.0. The van der Waals surface area contributed by atoms with Gasteiger partial charge in [-0.15, -0.1) is 0 Å². The second-order valence-corrected chi connectivity index (χ2v) is 5.83. The van der Waals surface area contributed by atoms with Gasteiger partial charge in [-0.05, 0) is 57.4 Å². The molecule has 1 aromatic carbocycles. The normalized spacial score (nSPS) is 21.2. The zero-order valence-electron chi connectivity index (χ0n) is 13.4. The minimum atomic E-state index is -0.341. The van der Waals surface area contributed by atoms with Gasteiger partial charge in [0.25, 0.3) is 5.91 Å². The Bertz CT molecular complexity index is 513. The molecule has 2 rings (SSSR count). The van der Waals surface area contributed by atoms with Crippen molar-refractivity contribution < 1.29 is 19.2 Å². The van der Waals surface area contributed by atoms with E-state index < -0.39 is 0 Å². The van der Waals surface area contributed by atoms with E-state index in [4.69, 9.17) is 4.74 Å². The predicted octanol–water partition coefficient (Wildman–Crippen LogP) is 1.26. The number of piperidine rings is 1. The third-order valence-electron chi connectivity index (χ3n) is 4.15. The molecular weight excluding hydrogens is 280 g/mol. The number of quaternary nitrogens is 1. The highest BCUT2D eigenvalue weighted by molar-refractivity contribution is 5.93. The number of likely N-dealkylation sites (tertiary alicyclic amines) is 1. The summed E-state index contributed by atoms with van der Waals surface area (Å²) in [5.74, 6) is -0.320. The van der Waals surface area contributed by atoms with Gasteiger partial charge in [-0.25, -0.2) is 4.79 Å². The number of rotatable bonds is 5. The lowest BCUT2D eigenvalue weighted by molar-refractivity contribution is -0.920. The van der Waals surface area contributed by atoms with E-state index in [1.165, 1.54) is 24.2 Å². The molecule has 2 N–H and O–H groups in total. The number of amides is 1. The summed E-state index contributed by atoms with van der Waals surface area (Å²) < 4.78 is 4.93. The number of carbonyl (C=O) groups is 2. The molecule has 0 aliphatic carbocycles. The Balaban J connectivity index is 1.87. The Labute approximate surface area is 131 Å². The van der Waals surface area contributed by atoms with Crippen LogP contribution in [-0.4, -0.2) is 37.6 Å². The molecule has 0 spiro atoms. The van der Waals surface area contributed by atoms with Gasteiger partial charge >= 0.3 is 5.97 Å². The molecule has 2 atom stereocenters. The van der Waals surface area contributed by atoms with E-state index in [-0.39, 0.29) is 11.9 Å². The molecule has 0 aromatic heterocycles. The topological polar surface area (TPSA) is 59.8 Å². The largest absolute Gasteiger partial charge is 0.462 e. The van der Waals surface area contributed by atoms with Crippen molar-refractivity contribution in [1.29, 1.82) is 0 Å². The first-order chi connectivity index (χ1) is 10.6. The molecule has 1 saturated heterocycles. The molecule has 0 radical (unpaired) electrons. The van der Waals surface area contributed by atoms with Crippen molar-refractivity contribution in [2.24, 2.45) is 0 Å². The summed E-state index contributed by atoms with van der Waals surface area (Å²) in [4.78, 5) is 25.0. The van der Waals surface area contributed by atoms with Crippen LogP contribution in [0.3, 0.4) is 0 Å². The predicted molar refractivity (Wildman–Crippen MR) is 85.0 cm³/mol. The number of hydrogen-bond acceptors (Lipinski definition) is 3. The summed E-state index contributed by atoms with van der Waals surface area (Å²) in [5, 5.41) is 2.90. The van der Waals surface area contributed by atoms with Crippen molar-refractivity contribution in [2.45, 2.75) is 39.2 Å². The molecule has 22 heavy (non-hydrogen) atoms. The average Bonchev–Trinajstić information content (AvgIpc) is 2.50. The molecule has 1 heterocycles. The van der Waals surface area contributed by atoms with Crippen LogP contribution < -0.4 is 10.2 Å². The molecule has 1 aliphatic heterocycles. The molecule has 1 aliphatic rings. The lowest BCUT2D eigenvalue weighted by Crippen LogP contribution is -3.17. The minimum Gasteiger partial charge on any atom is -0.462 e. The molecule has 1 aromatic rings. The Hall–Kier alpha value is -1.88. The first-order valence-corrected chi connectivity index (χ1v) is 8.01. The number of carbonyl (C=O) groups excluding carboxylic acids is 2. The van der Waals surface area contributed by atoms with Crippen molar-refractivity contribution in [1.82, 2.24) is 0 Å². The minimum absolute atomic E-state index is 0.0210. The van der Waals surface area contributed by atoms with Crippen LogP contribution in [-0.2, 0) is 9.53 Å². The Morgan fingerprint density at radius 3 is 2.64 bits per heavy atom. The Morgan fingerprint density at radius 1 is 1.27 bits per heavy atom. The average molecular weight is 305 g/mol. The highest BCUT2D eigenvalue weighted by Gasteiger charge is 2.24. The van der Waals surface area contributed by atoms with Crippen molar-refractivity contribution in [3.05, 3.63) is 29.8 Å². The van der Waals surface area contributed by atoms with Gasteiger partial charge in [0.15, 0.2) is 6.54 Å². The van der Waals surface area contributed by atoms with Crippen molar-refractivity contribution in [2.75, 3.05) is 25.0 Å². The number of anilines is 1. The van der Waals surface area contributed by atoms with E-state index >= 15 is 0 Å². The molecule has 1 fully saturated rings. The Morgan fingerprint density at radius 2 is 2.00 bits per heavy atom. The van der Waals surface area contributed by atoms with Crippen LogP contribution in [0.25, 0.3) is 0 Å². The van der Waals surface area contributed by atoms with Crippen LogP contribution in [0, 0.1) is 0 Å². The summed E-state index contributed by atoms with van der Waals surface area (Å²) in [7, 11) is 0. The number of nitrogens with one attached hydrogen (secondary N) is 2. The lowest BCUT2D eigenvalue weighted by Gasteiger charge is -2.29. The fraction of sp³-hybridized carbons (Fsp3) is 0.529. The SMILES string of the molecule is CCOC(=O)c1ccc(NC(=O)C[NH+]2CCCC[C@@H]2C)cc1. The number of ether oxygens (including phenoxy) is 1. The fourth-order valence-electron chi connectivity index (χ4n) is 2.83. The first-order valence-electron chi connectivity index (χ1n) is 8.01. The van der Waals surface area contributed by atoms with Crippen molar-refractivity contribution in [3.8, 4) is 0 Å². The van der Waals surface area contributed by atoms with Crippen LogP contribution in [0.2, 0.25) is 0 Å². The zero-order valence-corrected chi connectivity index (χ0v) is 13.4. The van der Waals surface area contributed by atoms with E-state index in [9.17, 15) is 9.59 Å². The van der Waals surface area contributed by atoms with E-state index in [0.717, 1.165) is 6.54 Å². The van der Waals surface area contributed by atoms with Crippen LogP contribution in [0.1, 0.15) is 43.5 Å². The van der Waals surface area contributed by atoms with Gasteiger partial charge in [0.05, 0.1) is 24.8 Å². The van der Waals surface area contributed by atoms with Crippen LogP contribution in [0.15, 0.2) is 24.3 Å². The maximum absolute atomic E-state index is 12.1. The molecular formula is C17H25N2O3+. The Kier molecular flexibility index (Phi) is 5.95. The fourth-order valence-corrected chi connectivity index (χ4v) is 2.83. The number of esters is 1. The second kappa shape index (κ2) is 7.94. The van der Waals surface area contributed by atoms with Gasteiger partial charge in [0, 0.05) is 5.69 Å². The van der Waals surface area contributed by atoms with Gasteiger partial charge in [-0.1, -0.05) is 0 Å². The molecule has 120 valence electrons. The molecule has 5 nitrogen and oxygen atoms in total. The van der Waals surface area contributed by atoms with Crippen LogP contribution in [0.5, 0.6) is 0 Å². The smallest absolute Gasteiger partial charge is 0.338 e. The molecule has 0 bridgehead atoms. The first kappa shape index (κ1) is 16.5. The van der Waals surface area contributed by atoms with E-state index in [2.05, 4.69) is 12.2 Å². The van der Waals surface area contributed by atoms with Gasteiger partial charge in [0.1, 0.15) is 0 Å². The highest BCUT2D eigenvalue weighted by Crippen LogP contribution is 2.10. The van der Waals surface area contributed by atoms with Crippen molar-refractivity contribution in [3.63, 3.8) is 0 Å². The standard InChI is InChI=1S/C17H24N2O3/c1-3-22-17(21)14-7-9-15(10-8-14)18-16(20)12-19-11-5-4-6-13(19)2/h7-10,13H,3-6,11-12H2,1-2H3,(H,18,20)/p+1/t13-/m0/s1. The van der Waals surface area contributed by atoms with Crippen molar-refractivity contribution >= 4 is 17.6 Å². The molecule has 1 unspecified atom stereocenters. The third kappa shape index (κ3) is 4.56. The van der Waals surface area contributed by atoms with Gasteiger partial charge < -0.3 is 15.0 Å². The second-order valence-electron chi connectivity index (χ2n) is 5.83. The highest BCUT2D eigenvalue weighted by atomic mass is 16.5. The summed E-state index contributed by atoms with van der Waals surface area (Å²) in [6.45, 7) is 5.90. The molecule has 0 saturated carbocycles. The van der Waals surface area contributed by atoms with Gasteiger partial charge in [-0.2, -0.15) is 0 Å². The maximum atomic E-state index is 12.1. The summed E-state index contributed by atoms with van der Waals surface area (Å²) in [6, 6.07) is 7.36. The maximum Gasteiger partial charge on any atom is 0.338 e. The van der Waals surface area contributed by atoms with Crippen LogP contribution >= 0.6 is 0 Å². The summed E-state index contributed by atoms with van der Waals surface area (Å²) in [5.41, 5.74) is 1.21.